The topological polar surface area (TPSA) is 69.9 Å². The van der Waals surface area contributed by atoms with Gasteiger partial charge in [0.15, 0.2) is 0 Å². The molecule has 0 bridgehead atoms. The van der Waals surface area contributed by atoms with Crippen LogP contribution in [0.25, 0.3) is 0 Å². The van der Waals surface area contributed by atoms with Gasteiger partial charge in [-0.3, -0.25) is 0 Å². The van der Waals surface area contributed by atoms with Crippen LogP contribution < -0.4 is 0 Å². The van der Waals surface area contributed by atoms with E-state index in [1.807, 2.05) is 0 Å². The largest absolute Gasteiger partial charge is 0.387 e. The predicted octanol–water partition coefficient (Wildman–Crippen LogP) is 1.05. The first kappa shape index (κ1) is 9.81. The zero-order chi connectivity index (χ0) is 9.53. The highest BCUT2D eigenvalue weighted by Crippen LogP contribution is 2.56. The highest BCUT2D eigenvalue weighted by Gasteiger charge is 2.59. The Labute approximate surface area is 78.5 Å². The van der Waals surface area contributed by atoms with Crippen molar-refractivity contribution in [3.63, 3.8) is 0 Å². The van der Waals surface area contributed by atoms with Gasteiger partial charge in [0.2, 0.25) is 0 Å². The lowest BCUT2D eigenvalue weighted by Gasteiger charge is -2.56. The minimum absolute atomic E-state index is 0.638. The van der Waals surface area contributed by atoms with Crippen LogP contribution in [-0.2, 0) is 4.52 Å². The molecule has 0 amide bonds. The molecule has 3 N–H and O–H groups in total. The van der Waals surface area contributed by atoms with Crippen molar-refractivity contribution in [3.8, 4) is 0 Å². The van der Waals surface area contributed by atoms with Crippen molar-refractivity contribution in [2.24, 2.45) is 0 Å². The molecular formula is C8H15O4P. The van der Waals surface area contributed by atoms with Gasteiger partial charge in [0, 0.05) is 0 Å². The molecule has 0 aromatic heterocycles. The van der Waals surface area contributed by atoms with Gasteiger partial charge >= 0.3 is 8.60 Å². The average Bonchev–Trinajstić information content (AvgIpc) is 1.92. The van der Waals surface area contributed by atoms with Crippen molar-refractivity contribution >= 4 is 8.60 Å². The van der Waals surface area contributed by atoms with Gasteiger partial charge < -0.3 is 19.4 Å². The van der Waals surface area contributed by atoms with E-state index >= 15 is 0 Å². The van der Waals surface area contributed by atoms with Crippen molar-refractivity contribution < 1.29 is 19.4 Å². The molecule has 2 aliphatic rings. The molecular weight excluding hydrogens is 191 g/mol. The fourth-order valence-electron chi connectivity index (χ4n) is 2.26. The summed E-state index contributed by atoms with van der Waals surface area (Å²) in [6.45, 7) is 0. The van der Waals surface area contributed by atoms with Crippen LogP contribution in [0.2, 0.25) is 0 Å². The van der Waals surface area contributed by atoms with Crippen LogP contribution in [-0.4, -0.2) is 26.1 Å². The first-order valence-electron chi connectivity index (χ1n) is 4.67. The second kappa shape index (κ2) is 3.14. The molecule has 0 radical (unpaired) electrons. The average molecular weight is 206 g/mol. The van der Waals surface area contributed by atoms with Gasteiger partial charge in [0.1, 0.15) is 5.60 Å². The molecule has 4 nitrogen and oxygen atoms in total. The van der Waals surface area contributed by atoms with E-state index in [4.69, 9.17) is 14.3 Å². The SMILES string of the molecule is OP(O)OC1(C2(O)CCC2)CCC1. The van der Waals surface area contributed by atoms with Crippen LogP contribution >= 0.6 is 8.60 Å². The summed E-state index contributed by atoms with van der Waals surface area (Å²) in [5.41, 5.74) is -1.42. The smallest absolute Gasteiger partial charge is 0.327 e. The molecule has 0 unspecified atom stereocenters. The van der Waals surface area contributed by atoms with Crippen molar-refractivity contribution in [1.29, 1.82) is 0 Å². The van der Waals surface area contributed by atoms with E-state index in [2.05, 4.69) is 0 Å². The van der Waals surface area contributed by atoms with Crippen LogP contribution in [0.15, 0.2) is 0 Å². The lowest BCUT2D eigenvalue weighted by atomic mass is 9.60. The fourth-order valence-corrected chi connectivity index (χ4v) is 2.93. The van der Waals surface area contributed by atoms with Gasteiger partial charge in [-0.25, -0.2) is 0 Å². The molecule has 0 spiro atoms. The van der Waals surface area contributed by atoms with Crippen molar-refractivity contribution in [3.05, 3.63) is 0 Å². The van der Waals surface area contributed by atoms with Crippen molar-refractivity contribution in [2.75, 3.05) is 0 Å². The van der Waals surface area contributed by atoms with Gasteiger partial charge in [-0.05, 0) is 38.5 Å². The van der Waals surface area contributed by atoms with Gasteiger partial charge in [-0.1, -0.05) is 0 Å². The van der Waals surface area contributed by atoms with E-state index in [1.54, 1.807) is 0 Å². The van der Waals surface area contributed by atoms with Crippen LogP contribution in [0.1, 0.15) is 38.5 Å². The standard InChI is InChI=1S/C8H15O4P/c9-7(3-1-4-7)8(5-2-6-8)12-13(10)11/h9-11H,1-6H2. The summed E-state index contributed by atoms with van der Waals surface area (Å²) in [5, 5.41) is 10.1. The van der Waals surface area contributed by atoms with E-state index in [0.717, 1.165) is 38.5 Å². The molecule has 0 aromatic rings. The summed E-state index contributed by atoms with van der Waals surface area (Å²) in [6, 6.07) is 0. The fraction of sp³-hybridized carbons (Fsp3) is 1.00. The van der Waals surface area contributed by atoms with E-state index in [0.29, 0.717) is 0 Å². The Kier molecular flexibility index (Phi) is 2.37. The number of hydrogen-bond donors (Lipinski definition) is 3. The molecule has 0 atom stereocenters. The van der Waals surface area contributed by atoms with E-state index in [-0.39, 0.29) is 0 Å². The molecule has 0 aliphatic heterocycles. The molecule has 2 rings (SSSR count). The minimum atomic E-state index is -2.34. The Morgan fingerprint density at radius 1 is 1.00 bits per heavy atom. The zero-order valence-electron chi connectivity index (χ0n) is 7.44. The van der Waals surface area contributed by atoms with Crippen LogP contribution in [0, 0.1) is 0 Å². The minimum Gasteiger partial charge on any atom is -0.387 e. The van der Waals surface area contributed by atoms with Crippen LogP contribution in [0.5, 0.6) is 0 Å². The second-order valence-corrected chi connectivity index (χ2v) is 4.77. The summed E-state index contributed by atoms with van der Waals surface area (Å²) in [6.07, 6.45) is 4.99. The number of aliphatic hydroxyl groups is 1. The second-order valence-electron chi connectivity index (χ2n) is 4.08. The maximum absolute atomic E-state index is 10.1. The van der Waals surface area contributed by atoms with Crippen LogP contribution in [0.3, 0.4) is 0 Å². The Bertz CT molecular complexity index is 198. The molecule has 0 aromatic carbocycles. The molecule has 5 heteroatoms. The summed E-state index contributed by atoms with van der Waals surface area (Å²) >= 11 is 0. The number of hydrogen-bond acceptors (Lipinski definition) is 4. The third-order valence-electron chi connectivity index (χ3n) is 3.45. The van der Waals surface area contributed by atoms with E-state index < -0.39 is 19.8 Å². The molecule has 2 saturated carbocycles. The molecule has 2 aliphatic carbocycles. The lowest BCUT2D eigenvalue weighted by molar-refractivity contribution is -0.212. The first-order valence-corrected chi connectivity index (χ1v) is 5.84. The normalized spacial score (nSPS) is 29.5. The van der Waals surface area contributed by atoms with Crippen LogP contribution in [0.4, 0.5) is 0 Å². The monoisotopic (exact) mass is 206 g/mol. The summed E-state index contributed by atoms with van der Waals surface area (Å²) in [7, 11) is -2.34. The quantitative estimate of drug-likeness (QED) is 0.604. The molecule has 0 saturated heterocycles. The molecule has 0 heterocycles. The maximum atomic E-state index is 10.1. The third kappa shape index (κ3) is 1.41. The summed E-state index contributed by atoms with van der Waals surface area (Å²) in [5.74, 6) is 0. The van der Waals surface area contributed by atoms with Gasteiger partial charge in [0.05, 0.1) is 5.60 Å². The Balaban J connectivity index is 2.06. The zero-order valence-corrected chi connectivity index (χ0v) is 8.33. The van der Waals surface area contributed by atoms with Crippen molar-refractivity contribution in [1.82, 2.24) is 0 Å². The third-order valence-corrected chi connectivity index (χ3v) is 3.96. The van der Waals surface area contributed by atoms with Gasteiger partial charge in [-0.15, -0.1) is 0 Å². The van der Waals surface area contributed by atoms with Crippen molar-refractivity contribution in [2.45, 2.75) is 49.7 Å². The maximum Gasteiger partial charge on any atom is 0.327 e. The predicted molar refractivity (Wildman–Crippen MR) is 47.8 cm³/mol. The number of rotatable bonds is 3. The summed E-state index contributed by atoms with van der Waals surface area (Å²) in [4.78, 5) is 17.6. The lowest BCUT2D eigenvalue weighted by Crippen LogP contribution is -2.62. The molecule has 13 heavy (non-hydrogen) atoms. The molecule has 2 fully saturated rings. The highest BCUT2D eigenvalue weighted by molar-refractivity contribution is 7.39. The molecule has 76 valence electrons. The highest BCUT2D eigenvalue weighted by atomic mass is 31.2. The Hall–Kier alpha value is 0.270. The Morgan fingerprint density at radius 3 is 1.77 bits per heavy atom. The Morgan fingerprint density at radius 2 is 1.54 bits per heavy atom. The van der Waals surface area contributed by atoms with E-state index in [9.17, 15) is 5.11 Å². The summed E-state index contributed by atoms with van der Waals surface area (Å²) < 4.78 is 5.11. The van der Waals surface area contributed by atoms with Gasteiger partial charge in [0.25, 0.3) is 0 Å². The van der Waals surface area contributed by atoms with Gasteiger partial charge in [-0.2, -0.15) is 0 Å². The first-order chi connectivity index (χ1) is 6.08. The van der Waals surface area contributed by atoms with E-state index in [1.165, 1.54) is 0 Å².